The van der Waals surface area contributed by atoms with E-state index in [9.17, 15) is 4.79 Å². The number of fused-ring (bicyclic) bond motifs is 1. The van der Waals surface area contributed by atoms with Gasteiger partial charge >= 0.3 is 0 Å². The molecule has 0 saturated heterocycles. The van der Waals surface area contributed by atoms with Crippen LogP contribution in [-0.4, -0.2) is 15.9 Å². The van der Waals surface area contributed by atoms with E-state index >= 15 is 0 Å². The number of benzene rings is 3. The van der Waals surface area contributed by atoms with E-state index in [2.05, 4.69) is 26.0 Å². The molecule has 7 heteroatoms. The van der Waals surface area contributed by atoms with Crippen LogP contribution in [0.3, 0.4) is 0 Å². The van der Waals surface area contributed by atoms with Gasteiger partial charge in [-0.1, -0.05) is 59.6 Å². The fraction of sp³-hybridized carbons (Fsp3) is 0.160. The minimum atomic E-state index is -0.198. The summed E-state index contributed by atoms with van der Waals surface area (Å²) >= 11 is 9.59. The van der Waals surface area contributed by atoms with Gasteiger partial charge in [-0.15, -0.1) is 0 Å². The van der Waals surface area contributed by atoms with E-state index in [0.29, 0.717) is 28.4 Å². The quantitative estimate of drug-likeness (QED) is 0.282. The van der Waals surface area contributed by atoms with Gasteiger partial charge in [0.05, 0.1) is 17.1 Å². The van der Waals surface area contributed by atoms with Crippen molar-refractivity contribution in [3.05, 3.63) is 104 Å². The molecule has 4 aromatic rings. The first kappa shape index (κ1) is 22.2. The third-order valence-electron chi connectivity index (χ3n) is 4.90. The van der Waals surface area contributed by atoms with Gasteiger partial charge in [0.1, 0.15) is 18.2 Å². The zero-order valence-electron chi connectivity index (χ0n) is 17.6. The normalized spacial score (nSPS) is 11.5. The molecule has 0 N–H and O–H groups in total. The molecule has 1 aromatic heterocycles. The Labute approximate surface area is 199 Å². The molecular formula is C25H21BrClN3O2. The molecule has 0 saturated carbocycles. The van der Waals surface area contributed by atoms with Crippen molar-refractivity contribution in [1.29, 1.82) is 0 Å². The van der Waals surface area contributed by atoms with Crippen LogP contribution in [0, 0.1) is 0 Å². The van der Waals surface area contributed by atoms with Gasteiger partial charge in [0, 0.05) is 21.0 Å². The summed E-state index contributed by atoms with van der Waals surface area (Å²) in [6.45, 7) is 4.37. The Morgan fingerprint density at radius 3 is 2.59 bits per heavy atom. The first-order valence-electron chi connectivity index (χ1n) is 10.1. The highest BCUT2D eigenvalue weighted by Gasteiger charge is 2.13. The van der Waals surface area contributed by atoms with Gasteiger partial charge in [0.25, 0.3) is 5.56 Å². The maximum absolute atomic E-state index is 13.1. The number of nitrogens with zero attached hydrogens (tertiary/aromatic N) is 3. The van der Waals surface area contributed by atoms with Gasteiger partial charge in [0.2, 0.25) is 0 Å². The summed E-state index contributed by atoms with van der Waals surface area (Å²) in [6, 6.07) is 20.6. The summed E-state index contributed by atoms with van der Waals surface area (Å²) < 4.78 is 8.02. The highest BCUT2D eigenvalue weighted by Crippen LogP contribution is 2.20. The molecule has 162 valence electrons. The molecule has 0 aliphatic heterocycles. The fourth-order valence-electron chi connectivity index (χ4n) is 3.20. The van der Waals surface area contributed by atoms with Gasteiger partial charge in [-0.2, -0.15) is 9.78 Å². The molecule has 0 radical (unpaired) electrons. The summed E-state index contributed by atoms with van der Waals surface area (Å²) in [5, 5.41) is 5.65. The summed E-state index contributed by atoms with van der Waals surface area (Å²) in [5.41, 5.74) is 2.23. The van der Waals surface area contributed by atoms with Crippen LogP contribution in [0.25, 0.3) is 10.9 Å². The Bertz CT molecular complexity index is 1350. The van der Waals surface area contributed by atoms with Crippen molar-refractivity contribution < 1.29 is 4.74 Å². The van der Waals surface area contributed by atoms with Crippen LogP contribution >= 0.6 is 27.5 Å². The lowest BCUT2D eigenvalue weighted by molar-refractivity contribution is 0.306. The Kier molecular flexibility index (Phi) is 6.72. The summed E-state index contributed by atoms with van der Waals surface area (Å²) in [4.78, 5) is 17.7. The molecule has 32 heavy (non-hydrogen) atoms. The molecule has 3 aromatic carbocycles. The van der Waals surface area contributed by atoms with Crippen LogP contribution in [0.15, 0.2) is 81.1 Å². The molecule has 0 unspecified atom stereocenters. The zero-order chi connectivity index (χ0) is 22.7. The summed E-state index contributed by atoms with van der Waals surface area (Å²) in [7, 11) is 0. The highest BCUT2D eigenvalue weighted by molar-refractivity contribution is 9.10. The largest absolute Gasteiger partial charge is 0.489 e. The molecule has 4 rings (SSSR count). The monoisotopic (exact) mass is 509 g/mol. The lowest BCUT2D eigenvalue weighted by atomic mass is 10.2. The second kappa shape index (κ2) is 9.67. The van der Waals surface area contributed by atoms with Gasteiger partial charge < -0.3 is 4.74 Å². The van der Waals surface area contributed by atoms with Crippen LogP contribution in [0.2, 0.25) is 5.02 Å². The van der Waals surface area contributed by atoms with Crippen LogP contribution < -0.4 is 10.3 Å². The van der Waals surface area contributed by atoms with E-state index in [-0.39, 0.29) is 11.5 Å². The van der Waals surface area contributed by atoms with Crippen LogP contribution in [0.4, 0.5) is 0 Å². The molecule has 0 aliphatic carbocycles. The Balaban J connectivity index is 1.57. The summed E-state index contributed by atoms with van der Waals surface area (Å²) in [6.07, 6.45) is 1.65. The highest BCUT2D eigenvalue weighted by atomic mass is 79.9. The van der Waals surface area contributed by atoms with E-state index < -0.39 is 0 Å². The second-order valence-electron chi connectivity index (χ2n) is 7.60. The van der Waals surface area contributed by atoms with Gasteiger partial charge in [-0.3, -0.25) is 4.79 Å². The average Bonchev–Trinajstić information content (AvgIpc) is 2.79. The predicted octanol–water partition coefficient (Wildman–Crippen LogP) is 6.40. The van der Waals surface area contributed by atoms with E-state index in [1.54, 1.807) is 12.3 Å². The predicted molar refractivity (Wildman–Crippen MR) is 133 cm³/mol. The molecule has 0 fully saturated rings. The Morgan fingerprint density at radius 1 is 1.12 bits per heavy atom. The first-order chi connectivity index (χ1) is 15.4. The van der Waals surface area contributed by atoms with Gasteiger partial charge in [0.15, 0.2) is 0 Å². The third kappa shape index (κ3) is 4.92. The molecule has 1 heterocycles. The second-order valence-corrected chi connectivity index (χ2v) is 8.92. The summed E-state index contributed by atoms with van der Waals surface area (Å²) in [5.74, 6) is 1.37. The maximum Gasteiger partial charge on any atom is 0.282 e. The van der Waals surface area contributed by atoms with Crippen molar-refractivity contribution in [1.82, 2.24) is 9.66 Å². The number of hydrogen-bond acceptors (Lipinski definition) is 4. The number of halogens is 2. The van der Waals surface area contributed by atoms with Crippen LogP contribution in [0.5, 0.6) is 5.75 Å². The Morgan fingerprint density at radius 2 is 1.88 bits per heavy atom. The van der Waals surface area contributed by atoms with E-state index in [1.807, 2.05) is 74.5 Å². The number of hydrogen-bond donors (Lipinski definition) is 0. The van der Waals surface area contributed by atoms with Crippen molar-refractivity contribution in [3.63, 3.8) is 0 Å². The van der Waals surface area contributed by atoms with Crippen molar-refractivity contribution in [2.75, 3.05) is 0 Å². The molecule has 0 atom stereocenters. The fourth-order valence-corrected chi connectivity index (χ4v) is 3.75. The minimum Gasteiger partial charge on any atom is -0.489 e. The lowest BCUT2D eigenvalue weighted by Crippen LogP contribution is -2.23. The topological polar surface area (TPSA) is 56.5 Å². The number of ether oxygens (including phenoxy) is 1. The standard InChI is InChI=1S/C25H21BrClN3O2/c1-16(2)24-29-23-12-9-19(26)13-21(23)25(31)30(24)28-14-17-7-10-20(11-8-17)32-15-18-5-3-4-6-22(18)27/h3-14,16H,15H2,1-2H3. The van der Waals surface area contributed by atoms with Crippen LogP contribution in [-0.2, 0) is 6.61 Å². The van der Waals surface area contributed by atoms with E-state index in [1.165, 1.54) is 4.68 Å². The van der Waals surface area contributed by atoms with Crippen molar-refractivity contribution in [3.8, 4) is 5.75 Å². The SMILES string of the molecule is CC(C)c1nc2ccc(Br)cc2c(=O)n1N=Cc1ccc(OCc2ccccc2Cl)cc1. The van der Waals surface area contributed by atoms with Crippen molar-refractivity contribution in [2.45, 2.75) is 26.4 Å². The molecule has 0 spiro atoms. The van der Waals surface area contributed by atoms with Crippen molar-refractivity contribution >= 4 is 44.6 Å². The lowest BCUT2D eigenvalue weighted by Gasteiger charge is -2.12. The molecule has 0 bridgehead atoms. The maximum atomic E-state index is 13.1. The smallest absolute Gasteiger partial charge is 0.282 e. The Hall–Kier alpha value is -2.96. The van der Waals surface area contributed by atoms with Gasteiger partial charge in [-0.05, 0) is 54.1 Å². The molecular weight excluding hydrogens is 490 g/mol. The zero-order valence-corrected chi connectivity index (χ0v) is 20.0. The average molecular weight is 511 g/mol. The number of aromatic nitrogens is 2. The van der Waals surface area contributed by atoms with E-state index in [0.717, 1.165) is 21.3 Å². The number of rotatable bonds is 6. The molecule has 0 aliphatic rings. The van der Waals surface area contributed by atoms with Crippen molar-refractivity contribution in [2.24, 2.45) is 5.10 Å². The minimum absolute atomic E-state index is 0.0356. The van der Waals surface area contributed by atoms with E-state index in [4.69, 9.17) is 16.3 Å². The molecule has 5 nitrogen and oxygen atoms in total. The van der Waals surface area contributed by atoms with Gasteiger partial charge in [-0.25, -0.2) is 4.98 Å². The first-order valence-corrected chi connectivity index (χ1v) is 11.3. The third-order valence-corrected chi connectivity index (χ3v) is 5.77. The molecule has 0 amide bonds. The van der Waals surface area contributed by atoms with Crippen LogP contribution in [0.1, 0.15) is 36.7 Å².